The van der Waals surface area contributed by atoms with E-state index in [-0.39, 0.29) is 12.5 Å². The monoisotopic (exact) mass is 243 g/mol. The van der Waals surface area contributed by atoms with E-state index in [1.807, 2.05) is 13.0 Å². The maximum atomic E-state index is 11.6. The smallest absolute Gasteiger partial charge is 0.253 e. The molecule has 1 rings (SSSR count). The second-order valence-corrected chi connectivity index (χ2v) is 4.12. The Morgan fingerprint density at radius 1 is 1.53 bits per heavy atom. The lowest BCUT2D eigenvalue weighted by Crippen LogP contribution is -2.24. The normalized spacial score (nSPS) is 9.80. The summed E-state index contributed by atoms with van der Waals surface area (Å²) in [6, 6.07) is 5.26. The summed E-state index contributed by atoms with van der Waals surface area (Å²) in [4.78, 5) is 11.6. The number of halogens is 2. The molecule has 0 heterocycles. The van der Waals surface area contributed by atoms with E-state index >= 15 is 0 Å². The van der Waals surface area contributed by atoms with Gasteiger partial charge >= 0.3 is 0 Å². The molecule has 0 aliphatic carbocycles. The minimum Gasteiger partial charge on any atom is -0.347 e. The number of benzene rings is 1. The van der Waals surface area contributed by atoms with Crippen LogP contribution in [0, 0.1) is 6.92 Å². The number of aryl methyl sites for hydroxylation is 1. The molecule has 2 nitrogen and oxygen atoms in total. The van der Waals surface area contributed by atoms with Crippen molar-refractivity contribution in [3.63, 3.8) is 0 Å². The lowest BCUT2D eigenvalue weighted by Gasteiger charge is -2.06. The Morgan fingerprint density at radius 3 is 2.73 bits per heavy atom. The molecule has 0 aromatic heterocycles. The zero-order valence-electron chi connectivity index (χ0n) is 8.31. The van der Waals surface area contributed by atoms with Gasteiger partial charge in [-0.15, -0.1) is 0 Å². The molecule has 0 bridgehead atoms. The highest BCUT2D eigenvalue weighted by Gasteiger charge is 2.09. The zero-order chi connectivity index (χ0) is 11.4. The largest absolute Gasteiger partial charge is 0.347 e. The Kier molecular flexibility index (Phi) is 4.18. The number of hydrogen-bond acceptors (Lipinski definition) is 1. The molecular weight excluding hydrogens is 233 g/mol. The highest BCUT2D eigenvalue weighted by molar-refractivity contribution is 6.34. The molecule has 15 heavy (non-hydrogen) atoms. The topological polar surface area (TPSA) is 29.1 Å². The molecule has 0 fully saturated rings. The van der Waals surface area contributed by atoms with Crippen molar-refractivity contribution in [1.82, 2.24) is 5.32 Å². The summed E-state index contributed by atoms with van der Waals surface area (Å²) in [5, 5.41) is 3.42. The number of hydrogen-bond donors (Lipinski definition) is 1. The molecular formula is C11H11Cl2NO. The molecule has 1 aromatic rings. The third-order valence-corrected chi connectivity index (χ3v) is 2.26. The molecule has 1 N–H and O–H groups in total. The first kappa shape index (κ1) is 12.1. The molecule has 0 aliphatic heterocycles. The maximum absolute atomic E-state index is 11.6. The van der Waals surface area contributed by atoms with E-state index in [2.05, 4.69) is 11.9 Å². The van der Waals surface area contributed by atoms with Crippen LogP contribution in [0.25, 0.3) is 0 Å². The van der Waals surface area contributed by atoms with Crippen LogP contribution in [-0.2, 0) is 0 Å². The fourth-order valence-electron chi connectivity index (χ4n) is 1.08. The van der Waals surface area contributed by atoms with Crippen molar-refractivity contribution in [3.8, 4) is 0 Å². The average molecular weight is 244 g/mol. The minimum absolute atomic E-state index is 0.241. The molecule has 0 saturated carbocycles. The van der Waals surface area contributed by atoms with Crippen molar-refractivity contribution in [2.45, 2.75) is 6.92 Å². The summed E-state index contributed by atoms with van der Waals surface area (Å²) in [7, 11) is 0. The van der Waals surface area contributed by atoms with E-state index in [1.54, 1.807) is 12.1 Å². The van der Waals surface area contributed by atoms with Crippen molar-refractivity contribution in [2.75, 3.05) is 6.54 Å². The van der Waals surface area contributed by atoms with E-state index in [0.717, 1.165) is 5.56 Å². The quantitative estimate of drug-likeness (QED) is 0.869. The first-order valence-electron chi connectivity index (χ1n) is 4.38. The Labute approximate surface area is 98.9 Å². The van der Waals surface area contributed by atoms with Crippen LogP contribution >= 0.6 is 23.2 Å². The van der Waals surface area contributed by atoms with Gasteiger partial charge in [0.2, 0.25) is 0 Å². The summed E-state index contributed by atoms with van der Waals surface area (Å²) in [6.45, 7) is 5.63. The van der Waals surface area contributed by atoms with E-state index in [9.17, 15) is 4.79 Å². The Bertz CT molecular complexity index is 402. The molecule has 0 aliphatic rings. The predicted octanol–water partition coefficient (Wildman–Crippen LogP) is 3.13. The van der Waals surface area contributed by atoms with Crippen LogP contribution in [0.15, 0.2) is 29.8 Å². The van der Waals surface area contributed by atoms with Gasteiger partial charge in [-0.25, -0.2) is 0 Å². The van der Waals surface area contributed by atoms with Gasteiger partial charge in [-0.05, 0) is 24.6 Å². The standard InChI is InChI=1S/C11H11Cl2NO/c1-7-3-4-9(10(13)5-7)11(15)14-6-8(2)12/h3-5H,2,6H2,1H3,(H,14,15). The first-order valence-corrected chi connectivity index (χ1v) is 5.14. The minimum atomic E-state index is -0.248. The molecule has 4 heteroatoms. The van der Waals surface area contributed by atoms with E-state index < -0.39 is 0 Å². The molecule has 0 spiro atoms. The van der Waals surface area contributed by atoms with Crippen molar-refractivity contribution < 1.29 is 4.79 Å². The highest BCUT2D eigenvalue weighted by atomic mass is 35.5. The number of carbonyl (C=O) groups is 1. The van der Waals surface area contributed by atoms with Gasteiger partial charge in [-0.1, -0.05) is 35.8 Å². The number of rotatable bonds is 3. The van der Waals surface area contributed by atoms with Gasteiger partial charge in [-0.2, -0.15) is 0 Å². The van der Waals surface area contributed by atoms with Crippen molar-refractivity contribution in [2.24, 2.45) is 0 Å². The number of amides is 1. The third kappa shape index (κ3) is 3.57. The average Bonchev–Trinajstić information content (AvgIpc) is 2.14. The molecule has 0 unspecified atom stereocenters. The molecule has 1 aromatic carbocycles. The highest BCUT2D eigenvalue weighted by Crippen LogP contribution is 2.17. The van der Waals surface area contributed by atoms with Gasteiger partial charge in [0.05, 0.1) is 17.1 Å². The van der Waals surface area contributed by atoms with Crippen LogP contribution in [0.3, 0.4) is 0 Å². The lowest BCUT2D eigenvalue weighted by molar-refractivity contribution is 0.0958. The number of nitrogens with one attached hydrogen (secondary N) is 1. The number of carbonyl (C=O) groups excluding carboxylic acids is 1. The Morgan fingerprint density at radius 2 is 2.20 bits per heavy atom. The van der Waals surface area contributed by atoms with Crippen molar-refractivity contribution in [1.29, 1.82) is 0 Å². The summed E-state index contributed by atoms with van der Waals surface area (Å²) in [6.07, 6.45) is 0. The van der Waals surface area contributed by atoms with E-state index in [0.29, 0.717) is 15.6 Å². The van der Waals surface area contributed by atoms with Crippen LogP contribution in [0.5, 0.6) is 0 Å². The van der Waals surface area contributed by atoms with Gasteiger partial charge in [0, 0.05) is 5.03 Å². The van der Waals surface area contributed by atoms with Gasteiger partial charge in [0.25, 0.3) is 5.91 Å². The van der Waals surface area contributed by atoms with Crippen LogP contribution in [0.1, 0.15) is 15.9 Å². The summed E-state index contributed by atoms with van der Waals surface area (Å²) >= 11 is 11.5. The van der Waals surface area contributed by atoms with Crippen LogP contribution in [-0.4, -0.2) is 12.5 Å². The fraction of sp³-hybridized carbons (Fsp3) is 0.182. The second-order valence-electron chi connectivity index (χ2n) is 3.18. The van der Waals surface area contributed by atoms with E-state index in [4.69, 9.17) is 23.2 Å². The third-order valence-electron chi connectivity index (χ3n) is 1.81. The molecule has 0 atom stereocenters. The van der Waals surface area contributed by atoms with Gasteiger partial charge in [-0.3, -0.25) is 4.79 Å². The Hall–Kier alpha value is -0.990. The summed E-state index contributed by atoms with van der Waals surface area (Å²) in [5.74, 6) is -0.248. The lowest BCUT2D eigenvalue weighted by atomic mass is 10.1. The Balaban J connectivity index is 2.78. The van der Waals surface area contributed by atoms with Crippen molar-refractivity contribution >= 4 is 29.1 Å². The van der Waals surface area contributed by atoms with Gasteiger partial charge in [0.1, 0.15) is 0 Å². The fourth-order valence-corrected chi connectivity index (χ4v) is 1.46. The summed E-state index contributed by atoms with van der Waals surface area (Å²) < 4.78 is 0. The van der Waals surface area contributed by atoms with Gasteiger partial charge in [0.15, 0.2) is 0 Å². The predicted molar refractivity (Wildman–Crippen MR) is 63.5 cm³/mol. The van der Waals surface area contributed by atoms with Gasteiger partial charge < -0.3 is 5.32 Å². The summed E-state index contributed by atoms with van der Waals surface area (Å²) in [5.41, 5.74) is 1.46. The molecule has 1 amide bonds. The SMILES string of the molecule is C=C(Cl)CNC(=O)c1ccc(C)cc1Cl. The molecule has 80 valence electrons. The molecule has 0 radical (unpaired) electrons. The van der Waals surface area contributed by atoms with Crippen LogP contribution in [0.2, 0.25) is 5.02 Å². The van der Waals surface area contributed by atoms with Crippen LogP contribution < -0.4 is 5.32 Å². The second kappa shape index (κ2) is 5.19. The first-order chi connectivity index (χ1) is 7.00. The molecule has 0 saturated heterocycles. The maximum Gasteiger partial charge on any atom is 0.253 e. The van der Waals surface area contributed by atoms with Crippen LogP contribution in [0.4, 0.5) is 0 Å². The zero-order valence-corrected chi connectivity index (χ0v) is 9.82. The van der Waals surface area contributed by atoms with E-state index in [1.165, 1.54) is 0 Å². The van der Waals surface area contributed by atoms with Crippen molar-refractivity contribution in [3.05, 3.63) is 46.0 Å².